The van der Waals surface area contributed by atoms with Gasteiger partial charge in [-0.05, 0) is 30.2 Å². The van der Waals surface area contributed by atoms with Gasteiger partial charge in [0.2, 0.25) is 0 Å². The molecule has 0 spiro atoms. The summed E-state index contributed by atoms with van der Waals surface area (Å²) in [4.78, 5) is 12.6. The molecule has 0 bridgehead atoms. The SMILES string of the molecule is CCCCN(C)c1ccc(/C=C/C(=O)O)c(Cl)c1. The maximum atomic E-state index is 10.4. The first-order valence-corrected chi connectivity index (χ1v) is 6.34. The van der Waals surface area contributed by atoms with Gasteiger partial charge in [-0.2, -0.15) is 0 Å². The molecule has 1 aromatic rings. The van der Waals surface area contributed by atoms with E-state index < -0.39 is 5.97 Å². The summed E-state index contributed by atoms with van der Waals surface area (Å²) in [6.45, 7) is 3.14. The standard InChI is InChI=1S/C14H18ClNO2/c1-3-4-9-16(2)12-7-5-11(13(15)10-12)6-8-14(17)18/h5-8,10H,3-4,9H2,1-2H3,(H,17,18)/b8-6+. The summed E-state index contributed by atoms with van der Waals surface area (Å²) in [5, 5.41) is 9.13. The molecule has 0 aromatic heterocycles. The van der Waals surface area contributed by atoms with Gasteiger partial charge in [0.1, 0.15) is 0 Å². The maximum absolute atomic E-state index is 10.4. The molecule has 0 unspecified atom stereocenters. The third-order valence-electron chi connectivity index (χ3n) is 2.68. The second kappa shape index (κ2) is 7.07. The van der Waals surface area contributed by atoms with Crippen LogP contribution in [0, 0.1) is 0 Å². The average Bonchev–Trinajstić information content (AvgIpc) is 2.34. The van der Waals surface area contributed by atoms with Crippen LogP contribution in [0.5, 0.6) is 0 Å². The summed E-state index contributed by atoms with van der Waals surface area (Å²) in [6, 6.07) is 5.64. The first-order valence-electron chi connectivity index (χ1n) is 5.96. The largest absolute Gasteiger partial charge is 0.478 e. The Morgan fingerprint density at radius 1 is 1.50 bits per heavy atom. The van der Waals surface area contributed by atoms with Crippen molar-refractivity contribution in [3.63, 3.8) is 0 Å². The van der Waals surface area contributed by atoms with Gasteiger partial charge in [-0.1, -0.05) is 31.0 Å². The molecule has 0 atom stereocenters. The lowest BCUT2D eigenvalue weighted by atomic mass is 10.1. The Balaban J connectivity index is 2.81. The minimum Gasteiger partial charge on any atom is -0.478 e. The van der Waals surface area contributed by atoms with Crippen LogP contribution in [0.2, 0.25) is 5.02 Å². The van der Waals surface area contributed by atoms with E-state index in [1.807, 2.05) is 25.2 Å². The molecule has 0 heterocycles. The lowest BCUT2D eigenvalue weighted by Crippen LogP contribution is -2.18. The van der Waals surface area contributed by atoms with E-state index in [0.29, 0.717) is 10.6 Å². The number of hydrogen-bond acceptors (Lipinski definition) is 2. The third kappa shape index (κ3) is 4.41. The van der Waals surface area contributed by atoms with Crippen LogP contribution in [0.4, 0.5) is 5.69 Å². The molecular weight excluding hydrogens is 250 g/mol. The summed E-state index contributed by atoms with van der Waals surface area (Å²) in [5.41, 5.74) is 1.76. The van der Waals surface area contributed by atoms with Crippen molar-refractivity contribution in [3.05, 3.63) is 34.9 Å². The minimum atomic E-state index is -0.977. The highest BCUT2D eigenvalue weighted by Crippen LogP contribution is 2.24. The van der Waals surface area contributed by atoms with Crippen LogP contribution < -0.4 is 4.90 Å². The van der Waals surface area contributed by atoms with Gasteiger partial charge in [0.15, 0.2) is 0 Å². The van der Waals surface area contributed by atoms with Crippen molar-refractivity contribution in [3.8, 4) is 0 Å². The van der Waals surface area contributed by atoms with Crippen molar-refractivity contribution < 1.29 is 9.90 Å². The van der Waals surface area contributed by atoms with Crippen LogP contribution in [0.3, 0.4) is 0 Å². The number of halogens is 1. The van der Waals surface area contributed by atoms with Gasteiger partial charge in [-0.25, -0.2) is 4.79 Å². The lowest BCUT2D eigenvalue weighted by Gasteiger charge is -2.19. The molecule has 4 heteroatoms. The van der Waals surface area contributed by atoms with Crippen molar-refractivity contribution in [1.82, 2.24) is 0 Å². The van der Waals surface area contributed by atoms with Gasteiger partial charge in [0, 0.05) is 30.4 Å². The van der Waals surface area contributed by atoms with Gasteiger partial charge >= 0.3 is 5.97 Å². The fourth-order valence-corrected chi connectivity index (χ4v) is 1.81. The topological polar surface area (TPSA) is 40.5 Å². The zero-order chi connectivity index (χ0) is 13.5. The van der Waals surface area contributed by atoms with Crippen molar-refractivity contribution in [2.75, 3.05) is 18.5 Å². The Morgan fingerprint density at radius 2 is 2.22 bits per heavy atom. The number of carboxylic acids is 1. The molecule has 0 radical (unpaired) electrons. The molecule has 0 amide bonds. The van der Waals surface area contributed by atoms with E-state index >= 15 is 0 Å². The minimum absolute atomic E-state index is 0.563. The Morgan fingerprint density at radius 3 is 2.78 bits per heavy atom. The van der Waals surface area contributed by atoms with E-state index in [4.69, 9.17) is 16.7 Å². The van der Waals surface area contributed by atoms with Crippen molar-refractivity contribution in [2.24, 2.45) is 0 Å². The van der Waals surface area contributed by atoms with Crippen LogP contribution in [-0.2, 0) is 4.79 Å². The quantitative estimate of drug-likeness (QED) is 0.800. The molecule has 0 fully saturated rings. The molecule has 98 valence electrons. The van der Waals surface area contributed by atoms with Crippen molar-refractivity contribution in [2.45, 2.75) is 19.8 Å². The van der Waals surface area contributed by atoms with Crippen LogP contribution in [-0.4, -0.2) is 24.7 Å². The predicted octanol–water partition coefficient (Wildman–Crippen LogP) is 3.67. The summed E-state index contributed by atoms with van der Waals surface area (Å²) >= 11 is 6.12. The highest BCUT2D eigenvalue weighted by Gasteiger charge is 2.04. The van der Waals surface area contributed by atoms with Gasteiger partial charge in [0.05, 0.1) is 0 Å². The third-order valence-corrected chi connectivity index (χ3v) is 3.00. The van der Waals surface area contributed by atoms with Gasteiger partial charge < -0.3 is 10.0 Å². The fraction of sp³-hybridized carbons (Fsp3) is 0.357. The Hall–Kier alpha value is -1.48. The van der Waals surface area contributed by atoms with Gasteiger partial charge in [-0.3, -0.25) is 0 Å². The number of anilines is 1. The number of unbranched alkanes of at least 4 members (excludes halogenated alkanes) is 1. The van der Waals surface area contributed by atoms with Crippen molar-refractivity contribution >= 4 is 29.3 Å². The van der Waals surface area contributed by atoms with Crippen LogP contribution >= 0.6 is 11.6 Å². The average molecular weight is 268 g/mol. The molecule has 0 aliphatic rings. The Kier molecular flexibility index (Phi) is 5.72. The molecular formula is C14H18ClNO2. The second-order valence-corrected chi connectivity index (χ2v) is 4.56. The van der Waals surface area contributed by atoms with E-state index in [1.165, 1.54) is 6.08 Å². The monoisotopic (exact) mass is 267 g/mol. The van der Waals surface area contributed by atoms with Crippen LogP contribution in [0.1, 0.15) is 25.3 Å². The van der Waals surface area contributed by atoms with E-state index in [9.17, 15) is 4.79 Å². The fourth-order valence-electron chi connectivity index (χ4n) is 1.57. The zero-order valence-corrected chi connectivity index (χ0v) is 11.4. The van der Waals surface area contributed by atoms with E-state index in [2.05, 4.69) is 11.8 Å². The number of carbonyl (C=O) groups is 1. The Labute approximate surface area is 113 Å². The molecule has 0 saturated carbocycles. The van der Waals surface area contributed by atoms with Crippen molar-refractivity contribution in [1.29, 1.82) is 0 Å². The Bertz CT molecular complexity index is 443. The summed E-state index contributed by atoms with van der Waals surface area (Å²) in [7, 11) is 2.02. The predicted molar refractivity (Wildman–Crippen MR) is 76.3 cm³/mol. The lowest BCUT2D eigenvalue weighted by molar-refractivity contribution is -0.131. The van der Waals surface area contributed by atoms with Crippen LogP contribution in [0.25, 0.3) is 6.08 Å². The molecule has 1 rings (SSSR count). The van der Waals surface area contributed by atoms with E-state index in [-0.39, 0.29) is 0 Å². The molecule has 0 saturated heterocycles. The summed E-state index contributed by atoms with van der Waals surface area (Å²) < 4.78 is 0. The molecule has 3 nitrogen and oxygen atoms in total. The highest BCUT2D eigenvalue weighted by molar-refractivity contribution is 6.32. The van der Waals surface area contributed by atoms with E-state index in [1.54, 1.807) is 0 Å². The number of carboxylic acid groups (broad SMARTS) is 1. The highest BCUT2D eigenvalue weighted by atomic mass is 35.5. The maximum Gasteiger partial charge on any atom is 0.328 e. The normalized spacial score (nSPS) is 10.8. The van der Waals surface area contributed by atoms with E-state index in [0.717, 1.165) is 31.1 Å². The summed E-state index contributed by atoms with van der Waals surface area (Å²) in [5.74, 6) is -0.977. The second-order valence-electron chi connectivity index (χ2n) is 4.15. The van der Waals surface area contributed by atoms with Gasteiger partial charge in [-0.15, -0.1) is 0 Å². The van der Waals surface area contributed by atoms with Gasteiger partial charge in [0.25, 0.3) is 0 Å². The molecule has 0 aliphatic carbocycles. The van der Waals surface area contributed by atoms with Crippen LogP contribution in [0.15, 0.2) is 24.3 Å². The number of nitrogens with zero attached hydrogens (tertiary/aromatic N) is 1. The first-order chi connectivity index (χ1) is 8.54. The zero-order valence-electron chi connectivity index (χ0n) is 10.7. The smallest absolute Gasteiger partial charge is 0.328 e. The number of rotatable bonds is 6. The number of benzene rings is 1. The molecule has 0 aliphatic heterocycles. The first kappa shape index (κ1) is 14.6. The number of hydrogen-bond donors (Lipinski definition) is 1. The number of aliphatic carboxylic acids is 1. The summed E-state index contributed by atoms with van der Waals surface area (Å²) in [6.07, 6.45) is 4.87. The molecule has 1 N–H and O–H groups in total. The molecule has 1 aromatic carbocycles. The molecule has 18 heavy (non-hydrogen) atoms.